The predicted octanol–water partition coefficient (Wildman–Crippen LogP) is 3.07. The van der Waals surface area contributed by atoms with Crippen LogP contribution in [0.3, 0.4) is 0 Å². The largest absolute Gasteiger partial charge is 0.378 e. The summed E-state index contributed by atoms with van der Waals surface area (Å²) < 4.78 is 5.83. The van der Waals surface area contributed by atoms with Gasteiger partial charge < -0.3 is 15.8 Å². The minimum Gasteiger partial charge on any atom is -0.378 e. The van der Waals surface area contributed by atoms with Crippen LogP contribution < -0.4 is 11.1 Å². The Kier molecular flexibility index (Phi) is 6.21. The quantitative estimate of drug-likeness (QED) is 0.846. The van der Waals surface area contributed by atoms with E-state index in [1.165, 1.54) is 12.8 Å². The summed E-state index contributed by atoms with van der Waals surface area (Å²) in [5.41, 5.74) is 7.41. The number of nitrogens with two attached hydrogens (primary N) is 1. The van der Waals surface area contributed by atoms with Gasteiger partial charge in [0, 0.05) is 12.2 Å². The summed E-state index contributed by atoms with van der Waals surface area (Å²) in [6.45, 7) is 3.19. The molecule has 0 radical (unpaired) electrons. The highest BCUT2D eigenvalue weighted by molar-refractivity contribution is 5.91. The van der Waals surface area contributed by atoms with E-state index >= 15 is 0 Å². The van der Waals surface area contributed by atoms with E-state index in [1.807, 2.05) is 24.3 Å². The second kappa shape index (κ2) is 8.15. The third-order valence-electron chi connectivity index (χ3n) is 4.08. The van der Waals surface area contributed by atoms with Gasteiger partial charge in [-0.25, -0.2) is 0 Å². The first-order chi connectivity index (χ1) is 10.2. The number of carbonyl (C=O) groups is 1. The van der Waals surface area contributed by atoms with Gasteiger partial charge in [-0.05, 0) is 30.4 Å². The zero-order valence-corrected chi connectivity index (χ0v) is 12.8. The van der Waals surface area contributed by atoms with Gasteiger partial charge in [-0.3, -0.25) is 4.79 Å². The Morgan fingerprint density at radius 1 is 1.38 bits per heavy atom. The molecule has 4 nitrogen and oxygen atoms in total. The molecule has 0 spiro atoms. The molecule has 21 heavy (non-hydrogen) atoms. The maximum Gasteiger partial charge on any atom is 0.226 e. The highest BCUT2D eigenvalue weighted by Gasteiger charge is 2.19. The summed E-state index contributed by atoms with van der Waals surface area (Å²) in [4.78, 5) is 12.0. The number of nitrogens with one attached hydrogen (secondary N) is 1. The lowest BCUT2D eigenvalue weighted by molar-refractivity contribution is -0.117. The number of amides is 1. The van der Waals surface area contributed by atoms with Crippen molar-refractivity contribution in [3.63, 3.8) is 0 Å². The highest BCUT2D eigenvalue weighted by Crippen LogP contribution is 2.25. The fourth-order valence-corrected chi connectivity index (χ4v) is 2.88. The number of rotatable bonds is 6. The van der Waals surface area contributed by atoms with Crippen molar-refractivity contribution >= 4 is 11.6 Å². The molecule has 1 aromatic rings. The van der Waals surface area contributed by atoms with E-state index in [4.69, 9.17) is 10.5 Å². The molecule has 0 bridgehead atoms. The fraction of sp³-hybridized carbons (Fsp3) is 0.588. The lowest BCUT2D eigenvalue weighted by Crippen LogP contribution is -2.23. The number of hydrogen-bond acceptors (Lipinski definition) is 3. The molecule has 1 fully saturated rings. The standard InChI is InChI=1S/C17H26N2O2/c1-13-5-4-7-15(11-13)21-10-9-17(20)19-16-8-3-2-6-14(16)12-18/h2-3,6,8,13,15H,4-5,7,9-12,18H2,1H3,(H,19,20). The van der Waals surface area contributed by atoms with Gasteiger partial charge in [0.15, 0.2) is 0 Å². The molecule has 2 atom stereocenters. The minimum atomic E-state index is -0.0141. The van der Waals surface area contributed by atoms with Crippen molar-refractivity contribution in [1.29, 1.82) is 0 Å². The van der Waals surface area contributed by atoms with Crippen molar-refractivity contribution < 1.29 is 9.53 Å². The van der Waals surface area contributed by atoms with E-state index in [2.05, 4.69) is 12.2 Å². The molecule has 1 saturated carbocycles. The number of hydrogen-bond donors (Lipinski definition) is 2. The van der Waals surface area contributed by atoms with Crippen molar-refractivity contribution in [3.05, 3.63) is 29.8 Å². The maximum atomic E-state index is 12.0. The van der Waals surface area contributed by atoms with Crippen LogP contribution in [-0.2, 0) is 16.1 Å². The van der Waals surface area contributed by atoms with Crippen LogP contribution >= 0.6 is 0 Å². The molecular weight excluding hydrogens is 264 g/mol. The first-order valence-electron chi connectivity index (χ1n) is 7.88. The average Bonchev–Trinajstić information content (AvgIpc) is 2.48. The fourth-order valence-electron chi connectivity index (χ4n) is 2.88. The number of ether oxygens (including phenoxy) is 1. The van der Waals surface area contributed by atoms with Crippen molar-refractivity contribution in [2.24, 2.45) is 11.7 Å². The smallest absolute Gasteiger partial charge is 0.226 e. The summed E-state index contributed by atoms with van der Waals surface area (Å²) in [6.07, 6.45) is 5.51. The lowest BCUT2D eigenvalue weighted by atomic mass is 9.89. The molecule has 0 heterocycles. The minimum absolute atomic E-state index is 0.0141. The number of anilines is 1. The van der Waals surface area contributed by atoms with Gasteiger partial charge in [0.1, 0.15) is 0 Å². The Labute approximate surface area is 127 Å². The van der Waals surface area contributed by atoms with Gasteiger partial charge in [-0.2, -0.15) is 0 Å². The lowest BCUT2D eigenvalue weighted by Gasteiger charge is -2.26. The van der Waals surface area contributed by atoms with Gasteiger partial charge in [-0.15, -0.1) is 0 Å². The first-order valence-corrected chi connectivity index (χ1v) is 7.88. The molecule has 4 heteroatoms. The van der Waals surface area contributed by atoms with Gasteiger partial charge in [-0.1, -0.05) is 38.0 Å². The number of para-hydroxylation sites is 1. The molecule has 3 N–H and O–H groups in total. The van der Waals surface area contributed by atoms with Gasteiger partial charge in [0.25, 0.3) is 0 Å². The Bertz CT molecular complexity index is 462. The SMILES string of the molecule is CC1CCCC(OCCC(=O)Nc2ccccc2CN)C1. The second-order valence-electron chi connectivity index (χ2n) is 5.92. The Balaban J connectivity index is 1.72. The van der Waals surface area contributed by atoms with Crippen LogP contribution in [-0.4, -0.2) is 18.6 Å². The van der Waals surface area contributed by atoms with Crippen LogP contribution in [0.5, 0.6) is 0 Å². The van der Waals surface area contributed by atoms with Crippen LogP contribution in [0.15, 0.2) is 24.3 Å². The van der Waals surface area contributed by atoms with E-state index in [0.717, 1.165) is 30.0 Å². The highest BCUT2D eigenvalue weighted by atomic mass is 16.5. The topological polar surface area (TPSA) is 64.3 Å². The Morgan fingerprint density at radius 2 is 2.19 bits per heavy atom. The van der Waals surface area contributed by atoms with Crippen LogP contribution in [0.1, 0.15) is 44.6 Å². The Morgan fingerprint density at radius 3 is 2.95 bits per heavy atom. The molecular formula is C17H26N2O2. The molecule has 1 aliphatic carbocycles. The molecule has 2 rings (SSSR count). The number of carbonyl (C=O) groups excluding carboxylic acids is 1. The summed E-state index contributed by atoms with van der Waals surface area (Å²) >= 11 is 0. The molecule has 0 aromatic heterocycles. The monoisotopic (exact) mass is 290 g/mol. The van der Waals surface area contributed by atoms with Crippen molar-refractivity contribution in [1.82, 2.24) is 0 Å². The molecule has 116 valence electrons. The summed E-state index contributed by atoms with van der Waals surface area (Å²) in [6, 6.07) is 7.62. The normalized spacial score (nSPS) is 22.0. The third-order valence-corrected chi connectivity index (χ3v) is 4.08. The van der Waals surface area contributed by atoms with E-state index in [-0.39, 0.29) is 5.91 Å². The van der Waals surface area contributed by atoms with E-state index in [0.29, 0.717) is 25.7 Å². The van der Waals surface area contributed by atoms with E-state index in [9.17, 15) is 4.79 Å². The average molecular weight is 290 g/mol. The Hall–Kier alpha value is -1.39. The molecule has 1 aliphatic rings. The second-order valence-corrected chi connectivity index (χ2v) is 5.92. The molecule has 1 amide bonds. The van der Waals surface area contributed by atoms with E-state index in [1.54, 1.807) is 0 Å². The third kappa shape index (κ3) is 5.14. The van der Waals surface area contributed by atoms with Crippen molar-refractivity contribution in [3.8, 4) is 0 Å². The van der Waals surface area contributed by atoms with Gasteiger partial charge in [0.2, 0.25) is 5.91 Å². The molecule has 0 saturated heterocycles. The van der Waals surface area contributed by atoms with Gasteiger partial charge >= 0.3 is 0 Å². The summed E-state index contributed by atoms with van der Waals surface area (Å²) in [5, 5.41) is 2.91. The first kappa shape index (κ1) is 16.0. The molecule has 2 unspecified atom stereocenters. The number of benzene rings is 1. The van der Waals surface area contributed by atoms with Crippen molar-refractivity contribution in [2.45, 2.75) is 51.7 Å². The summed E-state index contributed by atoms with van der Waals surface area (Å²) in [5.74, 6) is 0.730. The zero-order valence-electron chi connectivity index (χ0n) is 12.8. The molecule has 1 aromatic carbocycles. The van der Waals surface area contributed by atoms with Gasteiger partial charge in [0.05, 0.1) is 19.1 Å². The predicted molar refractivity (Wildman–Crippen MR) is 85.0 cm³/mol. The van der Waals surface area contributed by atoms with Crippen LogP contribution in [0.2, 0.25) is 0 Å². The van der Waals surface area contributed by atoms with Crippen molar-refractivity contribution in [2.75, 3.05) is 11.9 Å². The summed E-state index contributed by atoms with van der Waals surface area (Å²) in [7, 11) is 0. The zero-order chi connectivity index (χ0) is 15.1. The van der Waals surface area contributed by atoms with E-state index < -0.39 is 0 Å². The molecule has 0 aliphatic heterocycles. The van der Waals surface area contributed by atoms with Crippen LogP contribution in [0.4, 0.5) is 5.69 Å². The maximum absolute atomic E-state index is 12.0. The van der Waals surface area contributed by atoms with Crippen LogP contribution in [0, 0.1) is 5.92 Å². The van der Waals surface area contributed by atoms with Crippen LogP contribution in [0.25, 0.3) is 0 Å².